The molecule has 2 N–H and O–H groups in total. The number of nitrogens with zero attached hydrogens (tertiary/aromatic N) is 1. The molecule has 0 aromatic heterocycles. The molecule has 5 heteroatoms. The van der Waals surface area contributed by atoms with Crippen LogP contribution >= 0.6 is 0 Å². The minimum Gasteiger partial charge on any atom is -0.481 e. The Labute approximate surface area is 120 Å². The van der Waals surface area contributed by atoms with Crippen LogP contribution in [0.4, 0.5) is 4.79 Å². The van der Waals surface area contributed by atoms with E-state index in [9.17, 15) is 9.59 Å². The Hall–Kier alpha value is -1.26. The predicted octanol–water partition coefficient (Wildman–Crippen LogP) is 2.46. The van der Waals surface area contributed by atoms with Crippen LogP contribution in [0.2, 0.25) is 0 Å². The first-order valence-corrected chi connectivity index (χ1v) is 7.84. The van der Waals surface area contributed by atoms with Gasteiger partial charge >= 0.3 is 12.0 Å². The number of hydrogen-bond donors (Lipinski definition) is 2. The molecule has 1 aliphatic carbocycles. The number of amides is 2. The third kappa shape index (κ3) is 4.12. The number of likely N-dealkylation sites (tertiary alicyclic amines) is 1. The summed E-state index contributed by atoms with van der Waals surface area (Å²) in [7, 11) is 0. The molecule has 2 unspecified atom stereocenters. The first-order chi connectivity index (χ1) is 9.56. The van der Waals surface area contributed by atoms with Gasteiger partial charge in [-0.3, -0.25) is 4.79 Å². The van der Waals surface area contributed by atoms with Crippen LogP contribution in [-0.2, 0) is 4.79 Å². The lowest BCUT2D eigenvalue weighted by atomic mass is 9.91. The lowest BCUT2D eigenvalue weighted by molar-refractivity contribution is -0.143. The zero-order valence-electron chi connectivity index (χ0n) is 12.3. The number of nitrogens with one attached hydrogen (secondary N) is 1. The van der Waals surface area contributed by atoms with Crippen LogP contribution in [0.15, 0.2) is 0 Å². The van der Waals surface area contributed by atoms with Crippen molar-refractivity contribution in [3.05, 3.63) is 0 Å². The second kappa shape index (κ2) is 6.95. The topological polar surface area (TPSA) is 69.6 Å². The minimum absolute atomic E-state index is 0.0744. The van der Waals surface area contributed by atoms with Crippen molar-refractivity contribution in [1.29, 1.82) is 0 Å². The summed E-state index contributed by atoms with van der Waals surface area (Å²) in [6, 6.07) is 0.195. The highest BCUT2D eigenvalue weighted by atomic mass is 16.4. The first-order valence-electron chi connectivity index (χ1n) is 7.84. The maximum absolute atomic E-state index is 12.3. The Kier molecular flexibility index (Phi) is 5.26. The average Bonchev–Trinajstić information content (AvgIpc) is 2.66. The summed E-state index contributed by atoms with van der Waals surface area (Å²) in [5.41, 5.74) is 0. The summed E-state index contributed by atoms with van der Waals surface area (Å²) in [5.74, 6) is -0.952. The molecule has 0 aromatic carbocycles. The van der Waals surface area contributed by atoms with Crippen molar-refractivity contribution in [3.63, 3.8) is 0 Å². The van der Waals surface area contributed by atoms with Gasteiger partial charge in [-0.15, -0.1) is 0 Å². The van der Waals surface area contributed by atoms with E-state index in [0.29, 0.717) is 19.5 Å². The van der Waals surface area contributed by atoms with E-state index >= 15 is 0 Å². The molecule has 0 spiro atoms. The van der Waals surface area contributed by atoms with Gasteiger partial charge in [-0.2, -0.15) is 0 Å². The number of carbonyl (C=O) groups is 2. The first kappa shape index (κ1) is 15.1. The SMILES string of the molecule is CC1CC(C(=O)O)CN(C(=O)NC2CCCCCC2)C1. The van der Waals surface area contributed by atoms with Crippen molar-refractivity contribution in [1.82, 2.24) is 10.2 Å². The second-order valence-electron chi connectivity index (χ2n) is 6.42. The molecule has 2 fully saturated rings. The van der Waals surface area contributed by atoms with E-state index in [2.05, 4.69) is 5.32 Å². The van der Waals surface area contributed by atoms with E-state index in [0.717, 1.165) is 12.8 Å². The Morgan fingerprint density at radius 3 is 2.35 bits per heavy atom. The highest BCUT2D eigenvalue weighted by Crippen LogP contribution is 2.23. The summed E-state index contributed by atoms with van der Waals surface area (Å²) in [5, 5.41) is 12.3. The van der Waals surface area contributed by atoms with Gasteiger partial charge in [-0.25, -0.2) is 4.79 Å². The summed E-state index contributed by atoms with van der Waals surface area (Å²) in [4.78, 5) is 25.2. The minimum atomic E-state index is -0.788. The number of urea groups is 1. The molecule has 1 aliphatic heterocycles. The Morgan fingerprint density at radius 2 is 1.75 bits per heavy atom. The van der Waals surface area contributed by atoms with Crippen LogP contribution in [0, 0.1) is 11.8 Å². The highest BCUT2D eigenvalue weighted by molar-refractivity contribution is 5.76. The van der Waals surface area contributed by atoms with Gasteiger partial charge in [0.2, 0.25) is 0 Å². The van der Waals surface area contributed by atoms with E-state index in [1.807, 2.05) is 6.92 Å². The smallest absolute Gasteiger partial charge is 0.317 e. The fourth-order valence-corrected chi connectivity index (χ4v) is 3.39. The number of aliphatic carboxylic acids is 1. The number of rotatable bonds is 2. The van der Waals surface area contributed by atoms with Gasteiger partial charge in [-0.1, -0.05) is 32.6 Å². The fourth-order valence-electron chi connectivity index (χ4n) is 3.39. The van der Waals surface area contributed by atoms with Crippen molar-refractivity contribution in [2.24, 2.45) is 11.8 Å². The molecule has 0 bridgehead atoms. The van der Waals surface area contributed by atoms with Crippen LogP contribution in [0.3, 0.4) is 0 Å². The molecule has 1 saturated carbocycles. The summed E-state index contributed by atoms with van der Waals surface area (Å²) < 4.78 is 0. The standard InChI is InChI=1S/C15H26N2O3/c1-11-8-12(14(18)19)10-17(9-11)15(20)16-13-6-4-2-3-5-7-13/h11-13H,2-10H2,1H3,(H,16,20)(H,18,19). The van der Waals surface area contributed by atoms with E-state index in [-0.39, 0.29) is 18.0 Å². The zero-order valence-corrected chi connectivity index (χ0v) is 12.3. The Bertz CT molecular complexity index is 351. The lowest BCUT2D eigenvalue weighted by Gasteiger charge is -2.35. The van der Waals surface area contributed by atoms with Gasteiger partial charge in [0.05, 0.1) is 5.92 Å². The zero-order chi connectivity index (χ0) is 14.5. The summed E-state index contributed by atoms with van der Waals surface area (Å²) in [6.45, 7) is 3.03. The van der Waals surface area contributed by atoms with Gasteiger partial charge in [0.25, 0.3) is 0 Å². The molecule has 0 aromatic rings. The van der Waals surface area contributed by atoms with Crippen LogP contribution in [0.5, 0.6) is 0 Å². The average molecular weight is 282 g/mol. The van der Waals surface area contributed by atoms with Crippen LogP contribution in [0.1, 0.15) is 51.9 Å². The van der Waals surface area contributed by atoms with E-state index in [4.69, 9.17) is 5.11 Å². The number of piperidine rings is 1. The molecule has 2 rings (SSSR count). The van der Waals surface area contributed by atoms with Crippen molar-refractivity contribution in [2.75, 3.05) is 13.1 Å². The summed E-state index contributed by atoms with van der Waals surface area (Å²) in [6.07, 6.45) is 7.65. The molecule has 0 radical (unpaired) electrons. The Balaban J connectivity index is 1.88. The molecule has 2 aliphatic rings. The molecule has 114 valence electrons. The van der Waals surface area contributed by atoms with Crippen LogP contribution in [0.25, 0.3) is 0 Å². The lowest BCUT2D eigenvalue weighted by Crippen LogP contribution is -2.51. The van der Waals surface area contributed by atoms with E-state index in [1.165, 1.54) is 25.7 Å². The maximum atomic E-state index is 12.3. The molecule has 20 heavy (non-hydrogen) atoms. The molecule has 5 nitrogen and oxygen atoms in total. The molecule has 1 heterocycles. The van der Waals surface area contributed by atoms with Gasteiger partial charge in [0, 0.05) is 19.1 Å². The van der Waals surface area contributed by atoms with Crippen LogP contribution < -0.4 is 5.32 Å². The number of carboxylic acid groups (broad SMARTS) is 1. The molecule has 2 amide bonds. The van der Waals surface area contributed by atoms with Gasteiger partial charge in [-0.05, 0) is 25.2 Å². The van der Waals surface area contributed by atoms with Crippen molar-refractivity contribution in [3.8, 4) is 0 Å². The fraction of sp³-hybridized carbons (Fsp3) is 0.867. The number of carboxylic acids is 1. The van der Waals surface area contributed by atoms with E-state index in [1.54, 1.807) is 4.90 Å². The van der Waals surface area contributed by atoms with Gasteiger partial charge < -0.3 is 15.3 Å². The predicted molar refractivity (Wildman–Crippen MR) is 76.5 cm³/mol. The third-order valence-electron chi connectivity index (χ3n) is 4.48. The number of hydrogen-bond acceptors (Lipinski definition) is 2. The molecular weight excluding hydrogens is 256 g/mol. The van der Waals surface area contributed by atoms with Crippen molar-refractivity contribution >= 4 is 12.0 Å². The van der Waals surface area contributed by atoms with Crippen molar-refractivity contribution < 1.29 is 14.7 Å². The van der Waals surface area contributed by atoms with Crippen LogP contribution in [-0.4, -0.2) is 41.1 Å². The summed E-state index contributed by atoms with van der Waals surface area (Å²) >= 11 is 0. The molecule has 1 saturated heterocycles. The normalized spacial score (nSPS) is 28.8. The van der Waals surface area contributed by atoms with Gasteiger partial charge in [0.1, 0.15) is 0 Å². The second-order valence-corrected chi connectivity index (χ2v) is 6.42. The van der Waals surface area contributed by atoms with E-state index < -0.39 is 11.9 Å². The Morgan fingerprint density at radius 1 is 1.10 bits per heavy atom. The number of carbonyl (C=O) groups excluding carboxylic acids is 1. The molecule has 2 atom stereocenters. The molecular formula is C15H26N2O3. The van der Waals surface area contributed by atoms with Gasteiger partial charge in [0.15, 0.2) is 0 Å². The third-order valence-corrected chi connectivity index (χ3v) is 4.48. The maximum Gasteiger partial charge on any atom is 0.317 e. The van der Waals surface area contributed by atoms with Crippen molar-refractivity contribution in [2.45, 2.75) is 57.9 Å². The highest BCUT2D eigenvalue weighted by Gasteiger charge is 2.32. The monoisotopic (exact) mass is 282 g/mol. The largest absolute Gasteiger partial charge is 0.481 e. The quantitative estimate of drug-likeness (QED) is 0.764.